The van der Waals surface area contributed by atoms with Gasteiger partial charge < -0.3 is 19.5 Å². The highest BCUT2D eigenvalue weighted by Crippen LogP contribution is 2.32. The second-order valence-electron chi connectivity index (χ2n) is 8.43. The van der Waals surface area contributed by atoms with E-state index in [1.807, 2.05) is 24.3 Å². The molecule has 0 spiro atoms. The van der Waals surface area contributed by atoms with Crippen molar-refractivity contribution in [2.45, 2.75) is 13.5 Å². The molecule has 39 heavy (non-hydrogen) atoms. The summed E-state index contributed by atoms with van der Waals surface area (Å²) in [5.41, 5.74) is 1.76. The van der Waals surface area contributed by atoms with Crippen LogP contribution in [0.2, 0.25) is 0 Å². The number of hydrogen-bond acceptors (Lipinski definition) is 8. The Morgan fingerprint density at radius 3 is 2.49 bits per heavy atom. The normalized spacial score (nSPS) is 11.1. The summed E-state index contributed by atoms with van der Waals surface area (Å²) in [5.74, 6) is -0.125. The molecule has 0 aliphatic carbocycles. The maximum Gasteiger partial charge on any atom is 0.183 e. The molecule has 0 saturated carbocycles. The topological polar surface area (TPSA) is 96.2 Å². The van der Waals surface area contributed by atoms with Crippen LogP contribution in [-0.2, 0) is 11.3 Å². The molecule has 0 radical (unpaired) electrons. The Labute approximate surface area is 223 Å². The molecule has 0 unspecified atom stereocenters. The van der Waals surface area contributed by atoms with Crippen LogP contribution in [0.25, 0.3) is 22.4 Å². The molecule has 9 nitrogen and oxygen atoms in total. The Hall–Kier alpha value is -4.64. The first-order valence-electron chi connectivity index (χ1n) is 12.3. The molecular weight excluding hydrogens is 506 g/mol. The number of rotatable bonds is 11. The van der Waals surface area contributed by atoms with Gasteiger partial charge in [-0.1, -0.05) is 18.2 Å². The van der Waals surface area contributed by atoms with Crippen molar-refractivity contribution in [3.63, 3.8) is 0 Å². The second kappa shape index (κ2) is 11.8. The lowest BCUT2D eigenvalue weighted by atomic mass is 10.1. The number of halogens is 2. The second-order valence-corrected chi connectivity index (χ2v) is 8.43. The summed E-state index contributed by atoms with van der Waals surface area (Å²) < 4.78 is 47.4. The number of fused-ring (bicyclic) bond motifs is 1. The summed E-state index contributed by atoms with van der Waals surface area (Å²) >= 11 is 0. The van der Waals surface area contributed by atoms with Crippen molar-refractivity contribution in [2.75, 3.05) is 32.2 Å². The lowest BCUT2D eigenvalue weighted by molar-refractivity contribution is 0.146. The Kier molecular flexibility index (Phi) is 7.88. The van der Waals surface area contributed by atoms with Gasteiger partial charge in [0.05, 0.1) is 31.5 Å². The summed E-state index contributed by atoms with van der Waals surface area (Å²) in [5, 5.41) is 8.64. The third-order valence-corrected chi connectivity index (χ3v) is 5.85. The summed E-state index contributed by atoms with van der Waals surface area (Å²) in [7, 11) is 1.59. The van der Waals surface area contributed by atoms with E-state index < -0.39 is 11.6 Å². The van der Waals surface area contributed by atoms with Gasteiger partial charge in [0.15, 0.2) is 17.4 Å². The molecule has 3 aromatic heterocycles. The molecule has 5 rings (SSSR count). The van der Waals surface area contributed by atoms with Crippen molar-refractivity contribution in [1.29, 1.82) is 0 Å². The molecule has 3 heterocycles. The predicted octanol–water partition coefficient (Wildman–Crippen LogP) is 5.38. The molecule has 0 aliphatic heterocycles. The van der Waals surface area contributed by atoms with E-state index in [4.69, 9.17) is 19.2 Å². The third-order valence-electron chi connectivity index (χ3n) is 5.85. The van der Waals surface area contributed by atoms with Gasteiger partial charge in [0.25, 0.3) is 0 Å². The zero-order chi connectivity index (χ0) is 27.2. The molecule has 1 N–H and O–H groups in total. The molecule has 200 valence electrons. The van der Waals surface area contributed by atoms with Gasteiger partial charge in [0.2, 0.25) is 0 Å². The van der Waals surface area contributed by atoms with Crippen molar-refractivity contribution < 1.29 is 23.0 Å². The predicted molar refractivity (Wildman–Crippen MR) is 142 cm³/mol. The fraction of sp³-hybridized carbons (Fsp3) is 0.214. The van der Waals surface area contributed by atoms with E-state index >= 15 is 0 Å². The molecule has 2 aromatic carbocycles. The first-order chi connectivity index (χ1) is 19.1. The number of anilines is 2. The number of benzene rings is 2. The van der Waals surface area contributed by atoms with E-state index in [1.54, 1.807) is 44.8 Å². The minimum atomic E-state index is -0.711. The number of ether oxygens (including phenoxy) is 3. The van der Waals surface area contributed by atoms with Gasteiger partial charge >= 0.3 is 0 Å². The van der Waals surface area contributed by atoms with E-state index in [-0.39, 0.29) is 17.9 Å². The molecule has 5 aromatic rings. The molecule has 11 heteroatoms. The van der Waals surface area contributed by atoms with Crippen molar-refractivity contribution in [3.05, 3.63) is 84.3 Å². The Bertz CT molecular complexity index is 1560. The number of para-hydroxylation sites is 1. The molecule has 0 aliphatic rings. The van der Waals surface area contributed by atoms with Crippen molar-refractivity contribution in [3.8, 4) is 23.0 Å². The molecule has 0 bridgehead atoms. The minimum absolute atomic E-state index is 0.124. The third kappa shape index (κ3) is 5.78. The highest BCUT2D eigenvalue weighted by Gasteiger charge is 2.20. The summed E-state index contributed by atoms with van der Waals surface area (Å²) in [4.78, 5) is 13.2. The molecule has 0 saturated heterocycles. The SMILES string of the molecule is CCOc1cc(F)c(Cn2nc(-c3ncc(OCCOC)c(Nc4ccncc4)n3)c3ccccc32)c(F)c1. The van der Waals surface area contributed by atoms with Gasteiger partial charge in [-0.2, -0.15) is 5.10 Å². The zero-order valence-electron chi connectivity index (χ0n) is 21.4. The smallest absolute Gasteiger partial charge is 0.183 e. The maximum atomic E-state index is 14.9. The highest BCUT2D eigenvalue weighted by molar-refractivity contribution is 5.92. The van der Waals surface area contributed by atoms with Crippen LogP contribution in [0.3, 0.4) is 0 Å². The van der Waals surface area contributed by atoms with Gasteiger partial charge in [-0.05, 0) is 25.1 Å². The van der Waals surface area contributed by atoms with Crippen LogP contribution in [0.15, 0.2) is 67.1 Å². The van der Waals surface area contributed by atoms with Gasteiger partial charge in [0, 0.05) is 48.3 Å². The van der Waals surface area contributed by atoms with Crippen molar-refractivity contribution in [2.24, 2.45) is 0 Å². The first-order valence-corrected chi connectivity index (χ1v) is 12.3. The largest absolute Gasteiger partial charge is 0.494 e. The molecular formula is C28H26F2N6O3. The summed E-state index contributed by atoms with van der Waals surface area (Å²) in [6.45, 7) is 2.62. The number of methoxy groups -OCH3 is 1. The van der Waals surface area contributed by atoms with Gasteiger partial charge in [-0.3, -0.25) is 9.67 Å². The fourth-order valence-electron chi connectivity index (χ4n) is 4.03. The van der Waals surface area contributed by atoms with E-state index in [2.05, 4.69) is 20.4 Å². The Morgan fingerprint density at radius 2 is 1.74 bits per heavy atom. The monoisotopic (exact) mass is 532 g/mol. The average Bonchev–Trinajstić information content (AvgIpc) is 3.31. The number of pyridine rings is 1. The van der Waals surface area contributed by atoms with Crippen LogP contribution in [0, 0.1) is 11.6 Å². The lowest BCUT2D eigenvalue weighted by Crippen LogP contribution is -2.09. The van der Waals surface area contributed by atoms with Crippen LogP contribution in [-0.4, -0.2) is 51.7 Å². The number of nitrogens with zero attached hydrogens (tertiary/aromatic N) is 5. The maximum absolute atomic E-state index is 14.9. The van der Waals surface area contributed by atoms with Crippen LogP contribution < -0.4 is 14.8 Å². The van der Waals surface area contributed by atoms with Gasteiger partial charge in [-0.25, -0.2) is 18.7 Å². The average molecular weight is 533 g/mol. The minimum Gasteiger partial charge on any atom is -0.494 e. The van der Waals surface area contributed by atoms with Crippen molar-refractivity contribution in [1.82, 2.24) is 24.7 Å². The Balaban J connectivity index is 1.54. The molecule has 0 atom stereocenters. The van der Waals surface area contributed by atoms with Gasteiger partial charge in [0.1, 0.15) is 29.7 Å². The van der Waals surface area contributed by atoms with Crippen LogP contribution in [0.5, 0.6) is 11.5 Å². The highest BCUT2D eigenvalue weighted by atomic mass is 19.1. The van der Waals surface area contributed by atoms with Crippen LogP contribution in [0.4, 0.5) is 20.3 Å². The van der Waals surface area contributed by atoms with E-state index in [1.165, 1.54) is 16.8 Å². The number of hydrogen-bond donors (Lipinski definition) is 1. The van der Waals surface area contributed by atoms with E-state index in [0.717, 1.165) is 11.1 Å². The van der Waals surface area contributed by atoms with Crippen LogP contribution in [0.1, 0.15) is 12.5 Å². The number of aromatic nitrogens is 5. The van der Waals surface area contributed by atoms with E-state index in [0.29, 0.717) is 48.4 Å². The van der Waals surface area contributed by atoms with Crippen LogP contribution >= 0.6 is 0 Å². The summed E-state index contributed by atoms with van der Waals surface area (Å²) in [6.07, 6.45) is 4.87. The zero-order valence-corrected chi connectivity index (χ0v) is 21.4. The first kappa shape index (κ1) is 26.0. The van der Waals surface area contributed by atoms with Gasteiger partial charge in [-0.15, -0.1) is 0 Å². The fourth-order valence-corrected chi connectivity index (χ4v) is 4.03. The lowest BCUT2D eigenvalue weighted by Gasteiger charge is -2.13. The molecule has 0 amide bonds. The molecule has 0 fully saturated rings. The van der Waals surface area contributed by atoms with E-state index in [9.17, 15) is 8.78 Å². The standard InChI is InChI=1S/C28H26F2N6O3/c1-3-38-19-14-22(29)21(23(30)15-19)17-36-24-7-5-4-6-20(24)26(35-36)28-32-16-25(39-13-12-37-2)27(34-28)33-18-8-10-31-11-9-18/h4-11,14-16H,3,12-13,17H2,1-2H3,(H,31,32,33,34). The summed E-state index contributed by atoms with van der Waals surface area (Å²) in [6, 6.07) is 13.3. The Morgan fingerprint density at radius 1 is 0.974 bits per heavy atom. The van der Waals surface area contributed by atoms with Crippen molar-refractivity contribution >= 4 is 22.4 Å². The number of nitrogens with one attached hydrogen (secondary N) is 1. The quantitative estimate of drug-likeness (QED) is 0.227.